The van der Waals surface area contributed by atoms with Crippen molar-refractivity contribution < 1.29 is 4.79 Å². The molecule has 0 saturated carbocycles. The molecule has 0 aliphatic carbocycles. The van der Waals surface area contributed by atoms with Gasteiger partial charge in [-0.05, 0) is 32.1 Å². The van der Waals surface area contributed by atoms with E-state index in [9.17, 15) is 4.79 Å². The van der Waals surface area contributed by atoms with Crippen LogP contribution in [-0.4, -0.2) is 26.5 Å². The Morgan fingerprint density at radius 1 is 1.29 bits per heavy atom. The smallest absolute Gasteiger partial charge is 0.204 e. The fourth-order valence-corrected chi connectivity index (χ4v) is 1.37. The number of benzene rings is 1. The van der Waals surface area contributed by atoms with E-state index in [2.05, 4.69) is 15.4 Å². The van der Waals surface area contributed by atoms with Crippen LogP contribution in [0.25, 0.3) is 11.4 Å². The van der Waals surface area contributed by atoms with Gasteiger partial charge in [-0.15, -0.1) is 10.2 Å². The van der Waals surface area contributed by atoms with Crippen LogP contribution in [0.5, 0.6) is 0 Å². The third kappa shape index (κ3) is 2.38. The molecular formula is C12H14N4O. The molecule has 0 amide bonds. The molecule has 5 nitrogen and oxygen atoms in total. The summed E-state index contributed by atoms with van der Waals surface area (Å²) < 4.78 is 0. The zero-order valence-corrected chi connectivity index (χ0v) is 10.1. The van der Waals surface area contributed by atoms with Crippen molar-refractivity contribution in [2.45, 2.75) is 26.3 Å². The fourth-order valence-electron chi connectivity index (χ4n) is 1.37. The summed E-state index contributed by atoms with van der Waals surface area (Å²) in [6.45, 7) is 6.00. The van der Waals surface area contributed by atoms with Gasteiger partial charge >= 0.3 is 0 Å². The normalized spacial score (nSPS) is 11.5. The number of tetrazole rings is 1. The van der Waals surface area contributed by atoms with Gasteiger partial charge in [0.15, 0.2) is 0 Å². The van der Waals surface area contributed by atoms with Crippen molar-refractivity contribution in [2.75, 3.05) is 0 Å². The number of carbonyl (C=O) groups excluding carboxylic acids is 1. The molecule has 1 aromatic heterocycles. The number of rotatable bonds is 2. The average molecular weight is 230 g/mol. The molecule has 0 N–H and O–H groups in total. The first kappa shape index (κ1) is 11.4. The highest BCUT2D eigenvalue weighted by Gasteiger charge is 2.17. The van der Waals surface area contributed by atoms with E-state index < -0.39 is 0 Å². The maximum absolute atomic E-state index is 10.7. The molecule has 0 unspecified atom stereocenters. The molecule has 0 aliphatic heterocycles. The minimum Gasteiger partial charge on any atom is -0.298 e. The highest BCUT2D eigenvalue weighted by Crippen LogP contribution is 2.17. The molecule has 0 fully saturated rings. The van der Waals surface area contributed by atoms with Crippen LogP contribution >= 0.6 is 0 Å². The number of carbonyl (C=O) groups is 1. The Hall–Kier alpha value is -2.04. The molecule has 0 aliphatic rings. The molecule has 0 spiro atoms. The zero-order valence-electron chi connectivity index (χ0n) is 10.1. The summed E-state index contributed by atoms with van der Waals surface area (Å²) in [7, 11) is 0. The maximum atomic E-state index is 10.7. The second-order valence-electron chi connectivity index (χ2n) is 4.82. The molecule has 1 heterocycles. The largest absolute Gasteiger partial charge is 0.298 e. The third-order valence-electron chi connectivity index (χ3n) is 2.29. The molecule has 0 bridgehead atoms. The van der Waals surface area contributed by atoms with Crippen molar-refractivity contribution in [3.05, 3.63) is 29.8 Å². The fraction of sp³-hybridized carbons (Fsp3) is 0.333. The monoisotopic (exact) mass is 230 g/mol. The predicted molar refractivity (Wildman–Crippen MR) is 63.6 cm³/mol. The first-order chi connectivity index (χ1) is 8.00. The Bertz CT molecular complexity index is 539. The topological polar surface area (TPSA) is 60.7 Å². The predicted octanol–water partition coefficient (Wildman–Crippen LogP) is 1.91. The van der Waals surface area contributed by atoms with E-state index >= 15 is 0 Å². The summed E-state index contributed by atoms with van der Waals surface area (Å²) >= 11 is 0. The first-order valence-corrected chi connectivity index (χ1v) is 5.37. The summed E-state index contributed by atoms with van der Waals surface area (Å²) in [6, 6.07) is 7.15. The van der Waals surface area contributed by atoms with Crippen LogP contribution in [0.2, 0.25) is 0 Å². The first-order valence-electron chi connectivity index (χ1n) is 5.37. The molecule has 1 aromatic carbocycles. The average Bonchev–Trinajstić information content (AvgIpc) is 2.78. The number of hydrogen-bond donors (Lipinski definition) is 0. The van der Waals surface area contributed by atoms with Gasteiger partial charge in [-0.2, -0.15) is 4.80 Å². The van der Waals surface area contributed by atoms with Crippen molar-refractivity contribution >= 4 is 6.29 Å². The van der Waals surface area contributed by atoms with Crippen molar-refractivity contribution in [3.8, 4) is 11.4 Å². The van der Waals surface area contributed by atoms with Gasteiger partial charge in [-0.1, -0.05) is 18.2 Å². The minimum absolute atomic E-state index is 0.201. The minimum atomic E-state index is -0.201. The van der Waals surface area contributed by atoms with Gasteiger partial charge in [0.05, 0.1) is 5.54 Å². The Labute approximate surface area is 99.5 Å². The highest BCUT2D eigenvalue weighted by atomic mass is 16.1. The van der Waals surface area contributed by atoms with E-state index in [-0.39, 0.29) is 5.54 Å². The van der Waals surface area contributed by atoms with E-state index in [4.69, 9.17) is 0 Å². The molecule has 0 saturated heterocycles. The van der Waals surface area contributed by atoms with Crippen LogP contribution in [-0.2, 0) is 5.54 Å². The Morgan fingerprint density at radius 3 is 2.65 bits per heavy atom. The van der Waals surface area contributed by atoms with Crippen molar-refractivity contribution in [1.82, 2.24) is 20.2 Å². The number of hydrogen-bond acceptors (Lipinski definition) is 4. The van der Waals surface area contributed by atoms with E-state index in [0.717, 1.165) is 11.8 Å². The number of aldehydes is 1. The highest BCUT2D eigenvalue weighted by molar-refractivity contribution is 5.77. The van der Waals surface area contributed by atoms with Crippen LogP contribution in [0.15, 0.2) is 24.3 Å². The Morgan fingerprint density at radius 2 is 2.06 bits per heavy atom. The SMILES string of the molecule is CC(C)(C)n1nnc(-c2cccc(C=O)c2)n1. The lowest BCUT2D eigenvalue weighted by Gasteiger charge is -2.15. The van der Waals surface area contributed by atoms with Crippen LogP contribution < -0.4 is 0 Å². The standard InChI is InChI=1S/C12H14N4O/c1-12(2,3)16-14-11(13-15-16)10-6-4-5-9(7-10)8-17/h4-8H,1-3H3. The van der Waals surface area contributed by atoms with Crippen molar-refractivity contribution in [1.29, 1.82) is 0 Å². The lowest BCUT2D eigenvalue weighted by molar-refractivity contribution is 0.112. The third-order valence-corrected chi connectivity index (χ3v) is 2.29. The maximum Gasteiger partial charge on any atom is 0.204 e. The van der Waals surface area contributed by atoms with Crippen molar-refractivity contribution in [3.63, 3.8) is 0 Å². The molecule has 17 heavy (non-hydrogen) atoms. The van der Waals surface area contributed by atoms with E-state index in [0.29, 0.717) is 11.4 Å². The van der Waals surface area contributed by atoms with E-state index in [1.807, 2.05) is 26.8 Å². The second-order valence-corrected chi connectivity index (χ2v) is 4.82. The van der Waals surface area contributed by atoms with Crippen LogP contribution in [0.1, 0.15) is 31.1 Å². The number of nitrogens with zero attached hydrogens (tertiary/aromatic N) is 4. The Balaban J connectivity index is 2.40. The van der Waals surface area contributed by atoms with E-state index in [1.165, 1.54) is 0 Å². The number of aromatic nitrogens is 4. The van der Waals surface area contributed by atoms with Gasteiger partial charge in [-0.3, -0.25) is 4.79 Å². The molecule has 88 valence electrons. The van der Waals surface area contributed by atoms with Crippen LogP contribution in [0, 0.1) is 0 Å². The second kappa shape index (κ2) is 4.08. The zero-order chi connectivity index (χ0) is 12.5. The van der Waals surface area contributed by atoms with Crippen LogP contribution in [0.3, 0.4) is 0 Å². The lowest BCUT2D eigenvalue weighted by Crippen LogP contribution is -2.24. The van der Waals surface area contributed by atoms with Crippen molar-refractivity contribution in [2.24, 2.45) is 0 Å². The summed E-state index contributed by atoms with van der Waals surface area (Å²) in [4.78, 5) is 12.3. The molecular weight excluding hydrogens is 216 g/mol. The van der Waals surface area contributed by atoms with Gasteiger partial charge in [0.1, 0.15) is 6.29 Å². The summed E-state index contributed by atoms with van der Waals surface area (Å²) in [6.07, 6.45) is 0.803. The van der Waals surface area contributed by atoms with Gasteiger partial charge in [0, 0.05) is 11.1 Å². The van der Waals surface area contributed by atoms with Gasteiger partial charge in [0.25, 0.3) is 0 Å². The Kier molecular flexibility index (Phi) is 2.75. The molecule has 0 radical (unpaired) electrons. The summed E-state index contributed by atoms with van der Waals surface area (Å²) in [5, 5.41) is 12.3. The van der Waals surface area contributed by atoms with Gasteiger partial charge in [-0.25, -0.2) is 0 Å². The summed E-state index contributed by atoms with van der Waals surface area (Å²) in [5.41, 5.74) is 1.20. The van der Waals surface area contributed by atoms with Gasteiger partial charge < -0.3 is 0 Å². The molecule has 2 aromatic rings. The molecule has 2 rings (SSSR count). The molecule has 0 atom stereocenters. The molecule has 5 heteroatoms. The van der Waals surface area contributed by atoms with E-state index in [1.54, 1.807) is 23.0 Å². The van der Waals surface area contributed by atoms with Crippen LogP contribution in [0.4, 0.5) is 0 Å². The lowest BCUT2D eigenvalue weighted by atomic mass is 10.1. The quantitative estimate of drug-likeness (QED) is 0.739. The summed E-state index contributed by atoms with van der Waals surface area (Å²) in [5.74, 6) is 0.531. The van der Waals surface area contributed by atoms with Gasteiger partial charge in [0.2, 0.25) is 5.82 Å².